The zero-order valence-corrected chi connectivity index (χ0v) is 16.9. The molecule has 152 valence electrons. The molecule has 1 aromatic heterocycles. The van der Waals surface area contributed by atoms with Gasteiger partial charge in [0, 0.05) is 22.2 Å². The summed E-state index contributed by atoms with van der Waals surface area (Å²) >= 11 is 0. The summed E-state index contributed by atoms with van der Waals surface area (Å²) in [4.78, 5) is 28.4. The largest absolute Gasteiger partial charge is 0.496 e. The molecule has 29 heavy (non-hydrogen) atoms. The van der Waals surface area contributed by atoms with E-state index in [1.54, 1.807) is 13.0 Å². The molecule has 0 amide bonds. The summed E-state index contributed by atoms with van der Waals surface area (Å²) in [5.74, 6) is -1.18. The molecule has 0 aliphatic carbocycles. The average molecular weight is 416 g/mol. The summed E-state index contributed by atoms with van der Waals surface area (Å²) in [6.45, 7) is 3.22. The molecule has 3 N–H and O–H groups in total. The average Bonchev–Trinajstić information content (AvgIpc) is 3.01. The minimum atomic E-state index is -4.03. The first-order valence-corrected chi connectivity index (χ1v) is 10.2. The number of aromatic nitrogens is 1. The van der Waals surface area contributed by atoms with Crippen LogP contribution in [0.15, 0.2) is 47.4 Å². The van der Waals surface area contributed by atoms with Gasteiger partial charge in [-0.3, -0.25) is 4.79 Å². The number of esters is 1. The van der Waals surface area contributed by atoms with Gasteiger partial charge in [0.15, 0.2) is 6.10 Å². The third kappa shape index (κ3) is 4.01. The number of Topliss-reactive ketones (excluding diaryl/α,β-unsaturated/α-hetero) is 1. The number of benzene rings is 2. The predicted octanol–water partition coefficient (Wildman–Crippen LogP) is 2.56. The number of hydrogen-bond donors (Lipinski definition) is 2. The van der Waals surface area contributed by atoms with Crippen LogP contribution in [0.1, 0.15) is 33.3 Å². The fourth-order valence-electron chi connectivity index (χ4n) is 3.10. The Morgan fingerprint density at radius 1 is 1.14 bits per heavy atom. The summed E-state index contributed by atoms with van der Waals surface area (Å²) in [6, 6.07) is 10.9. The van der Waals surface area contributed by atoms with Crippen molar-refractivity contribution >= 4 is 32.7 Å². The van der Waals surface area contributed by atoms with Crippen molar-refractivity contribution in [1.82, 2.24) is 4.98 Å². The van der Waals surface area contributed by atoms with Crippen molar-refractivity contribution in [3.05, 3.63) is 59.3 Å². The van der Waals surface area contributed by atoms with Gasteiger partial charge < -0.3 is 14.5 Å². The monoisotopic (exact) mass is 416 g/mol. The first kappa shape index (κ1) is 20.6. The van der Waals surface area contributed by atoms with E-state index in [0.717, 1.165) is 17.0 Å². The molecule has 0 spiro atoms. The van der Waals surface area contributed by atoms with Crippen LogP contribution in [0, 0.1) is 6.92 Å². The van der Waals surface area contributed by atoms with E-state index >= 15 is 0 Å². The number of hydrogen-bond acceptors (Lipinski definition) is 6. The Morgan fingerprint density at radius 2 is 1.83 bits per heavy atom. The first-order valence-electron chi connectivity index (χ1n) is 8.67. The lowest BCUT2D eigenvalue weighted by Crippen LogP contribution is -2.25. The number of H-pyrrole nitrogens is 1. The van der Waals surface area contributed by atoms with Gasteiger partial charge in [0.1, 0.15) is 11.3 Å². The number of fused-ring (bicyclic) bond motifs is 1. The molecular formula is C20H20N2O6S. The van der Waals surface area contributed by atoms with Crippen LogP contribution < -0.4 is 9.88 Å². The molecule has 0 saturated carbocycles. The van der Waals surface area contributed by atoms with Gasteiger partial charge >= 0.3 is 5.97 Å². The zero-order chi connectivity index (χ0) is 21.3. The lowest BCUT2D eigenvalue weighted by Gasteiger charge is -2.15. The van der Waals surface area contributed by atoms with Gasteiger partial charge in [-0.15, -0.1) is 0 Å². The van der Waals surface area contributed by atoms with Crippen molar-refractivity contribution < 1.29 is 27.5 Å². The molecule has 0 bridgehead atoms. The van der Waals surface area contributed by atoms with Gasteiger partial charge in [-0.25, -0.2) is 18.4 Å². The van der Waals surface area contributed by atoms with Gasteiger partial charge in [0.25, 0.3) is 0 Å². The van der Waals surface area contributed by atoms with E-state index in [0.29, 0.717) is 11.3 Å². The number of carbonyl (C=O) groups is 2. The van der Waals surface area contributed by atoms with Crippen LogP contribution in [0.5, 0.6) is 5.75 Å². The van der Waals surface area contributed by atoms with E-state index in [-0.39, 0.29) is 22.0 Å². The summed E-state index contributed by atoms with van der Waals surface area (Å²) in [5.41, 5.74) is 1.75. The van der Waals surface area contributed by atoms with E-state index in [4.69, 9.17) is 14.6 Å². The van der Waals surface area contributed by atoms with E-state index in [1.807, 2.05) is 18.2 Å². The number of nitrogens with two attached hydrogens (primary N) is 1. The van der Waals surface area contributed by atoms with Crippen LogP contribution >= 0.6 is 0 Å². The van der Waals surface area contributed by atoms with Crippen LogP contribution in [0.25, 0.3) is 10.9 Å². The van der Waals surface area contributed by atoms with E-state index in [9.17, 15) is 18.0 Å². The highest BCUT2D eigenvalue weighted by atomic mass is 32.2. The molecule has 8 nitrogen and oxygen atoms in total. The van der Waals surface area contributed by atoms with Crippen molar-refractivity contribution in [3.8, 4) is 5.75 Å². The molecule has 2 aromatic carbocycles. The Labute approximate surface area is 167 Å². The number of aromatic amines is 1. The maximum atomic E-state index is 12.9. The van der Waals surface area contributed by atoms with Crippen LogP contribution in [-0.4, -0.2) is 38.4 Å². The molecule has 3 aromatic rings. The highest BCUT2D eigenvalue weighted by molar-refractivity contribution is 7.89. The van der Waals surface area contributed by atoms with E-state index in [2.05, 4.69) is 4.98 Å². The number of carbonyl (C=O) groups excluding carboxylic acids is 2. The maximum absolute atomic E-state index is 12.9. The van der Waals surface area contributed by atoms with Crippen LogP contribution in [0.2, 0.25) is 0 Å². The minimum absolute atomic E-state index is 0.102. The van der Waals surface area contributed by atoms with E-state index < -0.39 is 22.1 Å². The van der Waals surface area contributed by atoms with Gasteiger partial charge in [0.2, 0.25) is 15.8 Å². The predicted molar refractivity (Wildman–Crippen MR) is 107 cm³/mol. The molecule has 0 radical (unpaired) electrons. The molecule has 3 rings (SSSR count). The summed E-state index contributed by atoms with van der Waals surface area (Å²) in [7, 11) is -2.70. The Bertz CT molecular complexity index is 1210. The van der Waals surface area contributed by atoms with Gasteiger partial charge in [-0.2, -0.15) is 0 Å². The number of rotatable bonds is 6. The maximum Gasteiger partial charge on any atom is 0.342 e. The summed E-state index contributed by atoms with van der Waals surface area (Å²) in [5, 5.41) is 5.85. The first-order chi connectivity index (χ1) is 13.6. The number of ether oxygens (including phenoxy) is 2. The second kappa shape index (κ2) is 7.69. The summed E-state index contributed by atoms with van der Waals surface area (Å²) in [6.07, 6.45) is -1.11. The SMILES string of the molecule is COc1ccc(S(N)(=O)=O)cc1C(=O)O[C@H](C)C(=O)c1c(C)[nH]c2ccccc12. The number of para-hydroxylation sites is 1. The number of primary sulfonamides is 1. The second-order valence-electron chi connectivity index (χ2n) is 6.49. The number of ketones is 1. The molecule has 0 saturated heterocycles. The van der Waals surface area contributed by atoms with Crippen molar-refractivity contribution in [2.24, 2.45) is 5.14 Å². The third-order valence-electron chi connectivity index (χ3n) is 4.51. The van der Waals surface area contributed by atoms with Crippen molar-refractivity contribution in [3.63, 3.8) is 0 Å². The summed E-state index contributed by atoms with van der Waals surface area (Å²) < 4.78 is 33.6. The van der Waals surface area contributed by atoms with Gasteiger partial charge in [-0.1, -0.05) is 18.2 Å². The highest BCUT2D eigenvalue weighted by Gasteiger charge is 2.26. The molecule has 0 unspecified atom stereocenters. The van der Waals surface area contributed by atoms with Crippen LogP contribution in [0.4, 0.5) is 0 Å². The number of aryl methyl sites for hydroxylation is 1. The van der Waals surface area contributed by atoms with Crippen LogP contribution in [0.3, 0.4) is 0 Å². The standard InChI is InChI=1S/C20H20N2O6S/c1-11-18(14-6-4-5-7-16(14)22-11)19(23)12(2)28-20(24)15-10-13(29(21,25)26)8-9-17(15)27-3/h4-10,12,22H,1-3H3,(H2,21,25,26)/t12-/m1/s1. The van der Waals surface area contributed by atoms with Crippen molar-refractivity contribution in [2.45, 2.75) is 24.8 Å². The van der Waals surface area contributed by atoms with Gasteiger partial charge in [0.05, 0.1) is 12.0 Å². The third-order valence-corrected chi connectivity index (χ3v) is 5.42. The number of nitrogens with one attached hydrogen (secondary N) is 1. The Balaban J connectivity index is 1.91. The normalized spacial score (nSPS) is 12.6. The topological polar surface area (TPSA) is 129 Å². The van der Waals surface area contributed by atoms with Gasteiger partial charge in [-0.05, 0) is 38.1 Å². The highest BCUT2D eigenvalue weighted by Crippen LogP contribution is 2.26. The molecule has 0 aliphatic heterocycles. The van der Waals surface area contributed by atoms with Crippen molar-refractivity contribution in [1.29, 1.82) is 0 Å². The molecule has 0 aliphatic rings. The molecule has 0 fully saturated rings. The fraction of sp³-hybridized carbons (Fsp3) is 0.200. The van der Waals surface area contributed by atoms with E-state index in [1.165, 1.54) is 26.2 Å². The Kier molecular flexibility index (Phi) is 5.45. The Morgan fingerprint density at radius 3 is 2.48 bits per heavy atom. The molecule has 1 atom stereocenters. The zero-order valence-electron chi connectivity index (χ0n) is 16.1. The number of sulfonamides is 1. The smallest absolute Gasteiger partial charge is 0.342 e. The lowest BCUT2D eigenvalue weighted by molar-refractivity contribution is 0.0316. The molecule has 1 heterocycles. The molecule has 9 heteroatoms. The van der Waals surface area contributed by atoms with Crippen molar-refractivity contribution in [2.75, 3.05) is 7.11 Å². The second-order valence-corrected chi connectivity index (χ2v) is 8.05. The fourth-order valence-corrected chi connectivity index (χ4v) is 3.64. The number of methoxy groups -OCH3 is 1. The van der Waals surface area contributed by atoms with Crippen LogP contribution in [-0.2, 0) is 14.8 Å². The molecular weight excluding hydrogens is 396 g/mol. The Hall–Kier alpha value is -3.17. The minimum Gasteiger partial charge on any atom is -0.496 e. The quantitative estimate of drug-likeness (QED) is 0.469. The lowest BCUT2D eigenvalue weighted by atomic mass is 10.0.